The molecule has 2 aliphatic heterocycles. The molecular weight excluding hydrogens is 355 g/mol. The Morgan fingerprint density at radius 2 is 1.63 bits per heavy atom. The lowest BCUT2D eigenvalue weighted by Gasteiger charge is -2.57. The fraction of sp³-hybridized carbons (Fsp3) is 0.909. The van der Waals surface area contributed by atoms with Gasteiger partial charge in [0.15, 0.2) is 0 Å². The molecule has 0 saturated carbocycles. The van der Waals surface area contributed by atoms with Gasteiger partial charge in [-0.15, -0.1) is 6.58 Å². The van der Waals surface area contributed by atoms with Gasteiger partial charge >= 0.3 is 0 Å². The second-order valence-electron chi connectivity index (χ2n) is 10.1. The molecule has 2 fully saturated rings. The summed E-state index contributed by atoms with van der Waals surface area (Å²) >= 11 is 0. The molecule has 0 bridgehead atoms. The molecule has 27 heavy (non-hydrogen) atoms. The van der Waals surface area contributed by atoms with E-state index in [-0.39, 0.29) is 16.5 Å². The first-order valence-corrected chi connectivity index (χ1v) is 11.9. The lowest BCUT2D eigenvalue weighted by molar-refractivity contribution is -0.0518. The van der Waals surface area contributed by atoms with Gasteiger partial charge in [0.2, 0.25) is 0 Å². The van der Waals surface area contributed by atoms with Crippen LogP contribution in [0.2, 0.25) is 0 Å². The highest BCUT2D eigenvalue weighted by Gasteiger charge is 2.48. The Labute approximate surface area is 169 Å². The predicted molar refractivity (Wildman–Crippen MR) is 117 cm³/mol. The zero-order valence-electron chi connectivity index (χ0n) is 18.9. The maximum atomic E-state index is 6.35. The minimum absolute atomic E-state index is 0.133. The van der Waals surface area contributed by atoms with Gasteiger partial charge in [-0.3, -0.25) is 4.90 Å². The van der Waals surface area contributed by atoms with Crippen molar-refractivity contribution in [2.24, 2.45) is 5.41 Å². The van der Waals surface area contributed by atoms with Crippen LogP contribution in [-0.2, 0) is 9.05 Å². The second kappa shape index (κ2) is 9.22. The first-order chi connectivity index (χ1) is 12.6. The average Bonchev–Trinajstić information content (AvgIpc) is 2.59. The Hall–Kier alpha value is 0.0100. The van der Waals surface area contributed by atoms with Crippen LogP contribution in [-0.4, -0.2) is 53.0 Å². The summed E-state index contributed by atoms with van der Waals surface area (Å²) in [6.45, 7) is 23.9. The number of piperidine rings is 1. The van der Waals surface area contributed by atoms with Crippen LogP contribution in [0.25, 0.3) is 0 Å². The lowest BCUT2D eigenvalue weighted by Crippen LogP contribution is -2.63. The van der Waals surface area contributed by atoms with E-state index in [9.17, 15) is 0 Å². The minimum Gasteiger partial charge on any atom is -0.321 e. The molecule has 0 N–H and O–H groups in total. The summed E-state index contributed by atoms with van der Waals surface area (Å²) in [7, 11) is -0.944. The molecule has 0 unspecified atom stereocenters. The molecule has 0 aliphatic carbocycles. The molecule has 0 aromatic carbocycles. The Balaban J connectivity index is 2.18. The van der Waals surface area contributed by atoms with Crippen molar-refractivity contribution in [3.8, 4) is 0 Å². The van der Waals surface area contributed by atoms with E-state index in [1.807, 2.05) is 6.08 Å². The number of hydrogen-bond donors (Lipinski definition) is 0. The third kappa shape index (κ3) is 5.54. The average molecular weight is 399 g/mol. The van der Waals surface area contributed by atoms with Crippen LogP contribution in [0.15, 0.2) is 12.7 Å². The van der Waals surface area contributed by atoms with Crippen LogP contribution in [0.1, 0.15) is 80.6 Å². The van der Waals surface area contributed by atoms with Crippen molar-refractivity contribution in [1.82, 2.24) is 9.57 Å². The molecule has 158 valence electrons. The van der Waals surface area contributed by atoms with E-state index in [0.29, 0.717) is 6.04 Å². The normalized spacial score (nSPS) is 31.9. The van der Waals surface area contributed by atoms with E-state index in [2.05, 4.69) is 64.6 Å². The summed E-state index contributed by atoms with van der Waals surface area (Å²) in [4.78, 5) is 2.62. The van der Waals surface area contributed by atoms with E-state index < -0.39 is 8.53 Å². The third-order valence-corrected chi connectivity index (χ3v) is 8.16. The van der Waals surface area contributed by atoms with E-state index in [4.69, 9.17) is 9.05 Å². The Morgan fingerprint density at radius 1 is 1.07 bits per heavy atom. The van der Waals surface area contributed by atoms with Crippen molar-refractivity contribution in [3.05, 3.63) is 12.7 Å². The molecule has 4 nitrogen and oxygen atoms in total. The van der Waals surface area contributed by atoms with Gasteiger partial charge in [0, 0.05) is 35.6 Å². The lowest BCUT2D eigenvalue weighted by atomic mass is 9.77. The van der Waals surface area contributed by atoms with Crippen LogP contribution in [0.5, 0.6) is 0 Å². The van der Waals surface area contributed by atoms with Crippen molar-refractivity contribution < 1.29 is 9.05 Å². The molecule has 2 saturated heterocycles. The predicted octanol–water partition coefficient (Wildman–Crippen LogP) is 5.99. The topological polar surface area (TPSA) is 24.9 Å². The first-order valence-electron chi connectivity index (χ1n) is 10.8. The molecule has 0 radical (unpaired) electrons. The highest BCUT2D eigenvalue weighted by molar-refractivity contribution is 7.44. The maximum Gasteiger partial charge on any atom is 0.259 e. The molecule has 0 atom stereocenters. The second-order valence-corrected chi connectivity index (χ2v) is 11.6. The van der Waals surface area contributed by atoms with Gasteiger partial charge in [-0.25, -0.2) is 4.67 Å². The number of unbranched alkanes of at least 4 members (excludes halogenated alkanes) is 1. The SMILES string of the molecule is C=CCN1C(C)(C)CC(N(CCCC)P2OCC(C)(CC)CO2)CC1(C)C. The van der Waals surface area contributed by atoms with Gasteiger partial charge < -0.3 is 9.05 Å². The number of hydrogen-bond acceptors (Lipinski definition) is 4. The summed E-state index contributed by atoms with van der Waals surface area (Å²) in [6.07, 6.45) is 7.83. The van der Waals surface area contributed by atoms with Crippen molar-refractivity contribution in [3.63, 3.8) is 0 Å². The Morgan fingerprint density at radius 3 is 2.07 bits per heavy atom. The monoisotopic (exact) mass is 398 g/mol. The summed E-state index contributed by atoms with van der Waals surface area (Å²) < 4.78 is 15.3. The summed E-state index contributed by atoms with van der Waals surface area (Å²) in [6, 6.07) is 0.500. The number of rotatable bonds is 8. The Bertz CT molecular complexity index is 469. The van der Waals surface area contributed by atoms with Gasteiger partial charge in [-0.2, -0.15) is 0 Å². The maximum absolute atomic E-state index is 6.35. The number of likely N-dealkylation sites (tertiary alicyclic amines) is 1. The van der Waals surface area contributed by atoms with Gasteiger partial charge in [0.05, 0.1) is 13.2 Å². The van der Waals surface area contributed by atoms with E-state index >= 15 is 0 Å². The van der Waals surface area contributed by atoms with Crippen molar-refractivity contribution in [2.45, 2.75) is 97.7 Å². The van der Waals surface area contributed by atoms with Crippen molar-refractivity contribution in [2.75, 3.05) is 26.3 Å². The minimum atomic E-state index is -0.944. The summed E-state index contributed by atoms with van der Waals surface area (Å²) in [5.41, 5.74) is 0.434. The van der Waals surface area contributed by atoms with Crippen LogP contribution in [0, 0.1) is 5.41 Å². The van der Waals surface area contributed by atoms with Crippen molar-refractivity contribution in [1.29, 1.82) is 0 Å². The molecule has 0 aromatic heterocycles. The molecule has 2 heterocycles. The molecule has 5 heteroatoms. The molecule has 0 aromatic rings. The molecule has 0 spiro atoms. The van der Waals surface area contributed by atoms with E-state index in [0.717, 1.165) is 45.6 Å². The van der Waals surface area contributed by atoms with E-state index in [1.54, 1.807) is 0 Å². The largest absolute Gasteiger partial charge is 0.321 e. The fourth-order valence-corrected chi connectivity index (χ4v) is 6.62. The Kier molecular flexibility index (Phi) is 7.95. The fourth-order valence-electron chi connectivity index (χ4n) is 4.67. The van der Waals surface area contributed by atoms with Gasteiger partial charge in [0.25, 0.3) is 8.53 Å². The number of nitrogens with zero attached hydrogens (tertiary/aromatic N) is 2. The van der Waals surface area contributed by atoms with Crippen LogP contribution >= 0.6 is 8.53 Å². The van der Waals surface area contributed by atoms with E-state index in [1.165, 1.54) is 12.8 Å². The molecule has 0 amide bonds. The van der Waals surface area contributed by atoms with Crippen LogP contribution in [0.4, 0.5) is 0 Å². The van der Waals surface area contributed by atoms with Crippen LogP contribution < -0.4 is 0 Å². The van der Waals surface area contributed by atoms with Gasteiger partial charge in [-0.05, 0) is 53.4 Å². The summed E-state index contributed by atoms with van der Waals surface area (Å²) in [5, 5.41) is 0. The standard InChI is InChI=1S/C22H43N2O2P/c1-9-12-14-23(27-25-17-22(8,11-3)18-26-27)19-15-20(4,5)24(13-10-2)21(6,7)16-19/h10,19H,2,9,11-18H2,1,3-8H3. The molecular formula is C22H43N2O2P. The molecule has 2 aliphatic rings. The summed E-state index contributed by atoms with van der Waals surface area (Å²) in [5.74, 6) is 0. The zero-order chi connectivity index (χ0) is 20.3. The third-order valence-electron chi connectivity index (χ3n) is 6.52. The first kappa shape index (κ1) is 23.3. The van der Waals surface area contributed by atoms with Crippen LogP contribution in [0.3, 0.4) is 0 Å². The van der Waals surface area contributed by atoms with Gasteiger partial charge in [0.1, 0.15) is 0 Å². The van der Waals surface area contributed by atoms with Gasteiger partial charge in [-0.1, -0.05) is 33.3 Å². The molecule has 2 rings (SSSR count). The smallest absolute Gasteiger partial charge is 0.259 e. The quantitative estimate of drug-likeness (QED) is 0.370. The highest BCUT2D eigenvalue weighted by Crippen LogP contribution is 2.54. The zero-order valence-corrected chi connectivity index (χ0v) is 19.8. The van der Waals surface area contributed by atoms with Crippen molar-refractivity contribution >= 4 is 8.53 Å². The highest BCUT2D eigenvalue weighted by atomic mass is 31.2.